The van der Waals surface area contributed by atoms with Crippen LogP contribution in [0.15, 0.2) is 42.7 Å². The van der Waals surface area contributed by atoms with Gasteiger partial charge in [0.05, 0.1) is 5.69 Å². The molecule has 2 aromatic heterocycles. The molecular weight excluding hydrogens is 324 g/mol. The van der Waals surface area contributed by atoms with Crippen LogP contribution in [0.1, 0.15) is 42.6 Å². The van der Waals surface area contributed by atoms with Gasteiger partial charge in [-0.05, 0) is 49.9 Å². The summed E-state index contributed by atoms with van der Waals surface area (Å²) in [6.45, 7) is 5.66. The topological polar surface area (TPSA) is 49.3 Å². The number of piperidine rings is 1. The number of pyridine rings is 2. The molecule has 2 aliphatic rings. The van der Waals surface area contributed by atoms with Crippen molar-refractivity contribution in [2.75, 3.05) is 13.1 Å². The van der Waals surface area contributed by atoms with Crippen LogP contribution in [0.25, 0.3) is 0 Å². The quantitative estimate of drug-likeness (QED) is 0.851. The predicted molar refractivity (Wildman–Crippen MR) is 100 cm³/mol. The molecule has 136 valence electrons. The van der Waals surface area contributed by atoms with Gasteiger partial charge in [-0.25, -0.2) is 0 Å². The maximum absolute atomic E-state index is 12.5. The third kappa shape index (κ3) is 3.49. The summed E-state index contributed by atoms with van der Waals surface area (Å²) in [4.78, 5) is 26.0. The van der Waals surface area contributed by atoms with Gasteiger partial charge in [-0.2, -0.15) is 0 Å². The molecule has 1 spiro atoms. The lowest BCUT2D eigenvalue weighted by Crippen LogP contribution is -2.52. The maximum Gasteiger partial charge on any atom is 0.223 e. The number of carbonyl (C=O) groups excluding carboxylic acids is 1. The van der Waals surface area contributed by atoms with E-state index in [-0.39, 0.29) is 5.54 Å². The summed E-state index contributed by atoms with van der Waals surface area (Å²) in [6.07, 6.45) is 7.42. The molecule has 0 unspecified atom stereocenters. The first-order valence-corrected chi connectivity index (χ1v) is 9.49. The van der Waals surface area contributed by atoms with E-state index in [0.29, 0.717) is 18.9 Å². The Morgan fingerprint density at radius 2 is 1.92 bits per heavy atom. The third-order valence-electron chi connectivity index (χ3n) is 5.86. The molecule has 5 heteroatoms. The van der Waals surface area contributed by atoms with E-state index in [9.17, 15) is 4.79 Å². The molecule has 0 bridgehead atoms. The van der Waals surface area contributed by atoms with Gasteiger partial charge in [-0.3, -0.25) is 19.7 Å². The van der Waals surface area contributed by atoms with E-state index < -0.39 is 0 Å². The minimum atomic E-state index is 0.0312. The average molecular weight is 350 g/mol. The van der Waals surface area contributed by atoms with Crippen molar-refractivity contribution in [3.63, 3.8) is 0 Å². The van der Waals surface area contributed by atoms with Gasteiger partial charge >= 0.3 is 0 Å². The molecule has 5 nitrogen and oxygen atoms in total. The first-order chi connectivity index (χ1) is 12.6. The lowest BCUT2D eigenvalue weighted by Gasteiger charge is -2.45. The Morgan fingerprint density at radius 1 is 1.08 bits per heavy atom. The Bertz CT molecular complexity index is 769. The number of likely N-dealkylation sites (tertiary alicyclic amines) is 2. The van der Waals surface area contributed by atoms with Gasteiger partial charge in [0.1, 0.15) is 0 Å². The van der Waals surface area contributed by atoms with Crippen LogP contribution in [0.3, 0.4) is 0 Å². The van der Waals surface area contributed by atoms with Gasteiger partial charge in [-0.15, -0.1) is 0 Å². The summed E-state index contributed by atoms with van der Waals surface area (Å²) in [5.41, 5.74) is 3.35. The molecule has 26 heavy (non-hydrogen) atoms. The van der Waals surface area contributed by atoms with Crippen LogP contribution in [0.4, 0.5) is 0 Å². The van der Waals surface area contributed by atoms with Crippen LogP contribution in [0, 0.1) is 6.92 Å². The van der Waals surface area contributed by atoms with Gasteiger partial charge in [0.15, 0.2) is 0 Å². The summed E-state index contributed by atoms with van der Waals surface area (Å²) in [6, 6.07) is 10.2. The van der Waals surface area contributed by atoms with Crippen LogP contribution in [-0.2, 0) is 17.9 Å². The number of hydrogen-bond donors (Lipinski definition) is 0. The standard InChI is InChI=1S/C21H26N4O/c1-17-4-2-6-19(23-17)16-24-12-9-21(10-13-24)8-7-20(26)25(21)15-18-5-3-11-22-14-18/h2-6,11,14H,7-10,12-13,15-16H2,1H3. The molecule has 2 aromatic rings. The first-order valence-electron chi connectivity index (χ1n) is 9.49. The summed E-state index contributed by atoms with van der Waals surface area (Å²) in [5.74, 6) is 0.294. The molecule has 0 N–H and O–H groups in total. The molecule has 0 aliphatic carbocycles. The van der Waals surface area contributed by atoms with Gasteiger partial charge in [-0.1, -0.05) is 12.1 Å². The number of nitrogens with zero attached hydrogens (tertiary/aromatic N) is 4. The van der Waals surface area contributed by atoms with E-state index >= 15 is 0 Å². The summed E-state index contributed by atoms with van der Waals surface area (Å²) in [7, 11) is 0. The predicted octanol–water partition coefficient (Wildman–Crippen LogP) is 2.94. The van der Waals surface area contributed by atoms with E-state index in [4.69, 9.17) is 0 Å². The minimum Gasteiger partial charge on any atom is -0.333 e. The third-order valence-corrected chi connectivity index (χ3v) is 5.86. The van der Waals surface area contributed by atoms with Crippen molar-refractivity contribution < 1.29 is 4.79 Å². The number of hydrogen-bond acceptors (Lipinski definition) is 4. The molecule has 4 heterocycles. The zero-order valence-electron chi connectivity index (χ0n) is 15.4. The van der Waals surface area contributed by atoms with Crippen LogP contribution < -0.4 is 0 Å². The Kier molecular flexibility index (Phi) is 4.72. The van der Waals surface area contributed by atoms with Crippen molar-refractivity contribution in [2.45, 2.75) is 51.2 Å². The largest absolute Gasteiger partial charge is 0.333 e. The zero-order chi connectivity index (χ0) is 18.0. The number of rotatable bonds is 4. The smallest absolute Gasteiger partial charge is 0.223 e. The molecule has 2 aliphatic heterocycles. The molecule has 1 amide bonds. The van der Waals surface area contributed by atoms with Gasteiger partial charge < -0.3 is 4.90 Å². The Balaban J connectivity index is 1.42. The fraction of sp³-hybridized carbons (Fsp3) is 0.476. The van der Waals surface area contributed by atoms with Crippen molar-refractivity contribution in [3.8, 4) is 0 Å². The van der Waals surface area contributed by atoms with E-state index in [2.05, 4.69) is 38.0 Å². The second-order valence-electron chi connectivity index (χ2n) is 7.61. The van der Waals surface area contributed by atoms with Crippen LogP contribution in [0.5, 0.6) is 0 Å². The highest BCUT2D eigenvalue weighted by Crippen LogP contribution is 2.40. The number of aromatic nitrogens is 2. The van der Waals surface area contributed by atoms with Crippen molar-refractivity contribution >= 4 is 5.91 Å². The molecule has 4 rings (SSSR count). The van der Waals surface area contributed by atoms with Gasteiger partial charge in [0.2, 0.25) is 5.91 Å². The average Bonchev–Trinajstić information content (AvgIpc) is 2.94. The SMILES string of the molecule is Cc1cccc(CN2CCC3(CCC(=O)N3Cc3cccnc3)CC2)n1. The zero-order valence-corrected chi connectivity index (χ0v) is 15.4. The molecule has 0 saturated carbocycles. The highest BCUT2D eigenvalue weighted by atomic mass is 16.2. The lowest BCUT2D eigenvalue weighted by molar-refractivity contribution is -0.133. The lowest BCUT2D eigenvalue weighted by atomic mass is 9.84. The molecule has 2 saturated heterocycles. The minimum absolute atomic E-state index is 0.0312. The molecule has 0 radical (unpaired) electrons. The van der Waals surface area contributed by atoms with E-state index in [1.807, 2.05) is 25.3 Å². The van der Waals surface area contributed by atoms with Crippen LogP contribution >= 0.6 is 0 Å². The second-order valence-corrected chi connectivity index (χ2v) is 7.61. The highest BCUT2D eigenvalue weighted by Gasteiger charge is 2.46. The number of carbonyl (C=O) groups is 1. The number of amides is 1. The summed E-state index contributed by atoms with van der Waals surface area (Å²) < 4.78 is 0. The monoisotopic (exact) mass is 350 g/mol. The van der Waals surface area contributed by atoms with E-state index in [1.54, 1.807) is 6.20 Å². The summed E-state index contributed by atoms with van der Waals surface area (Å²) >= 11 is 0. The van der Waals surface area contributed by atoms with Crippen molar-refractivity contribution in [1.29, 1.82) is 0 Å². The van der Waals surface area contributed by atoms with Gasteiger partial charge in [0.25, 0.3) is 0 Å². The molecule has 0 aromatic carbocycles. The van der Waals surface area contributed by atoms with Crippen molar-refractivity contribution in [2.24, 2.45) is 0 Å². The van der Waals surface area contributed by atoms with Gasteiger partial charge in [0, 0.05) is 56.2 Å². The summed E-state index contributed by atoms with van der Waals surface area (Å²) in [5, 5.41) is 0. The fourth-order valence-corrected chi connectivity index (χ4v) is 4.37. The van der Waals surface area contributed by atoms with E-state index in [1.165, 1.54) is 0 Å². The highest BCUT2D eigenvalue weighted by molar-refractivity contribution is 5.79. The first kappa shape index (κ1) is 17.2. The van der Waals surface area contributed by atoms with Crippen molar-refractivity contribution in [1.82, 2.24) is 19.8 Å². The molecular formula is C21H26N4O. The Labute approximate surface area is 155 Å². The molecule has 0 atom stereocenters. The van der Waals surface area contributed by atoms with Crippen LogP contribution in [-0.4, -0.2) is 44.3 Å². The van der Waals surface area contributed by atoms with Crippen LogP contribution in [0.2, 0.25) is 0 Å². The maximum atomic E-state index is 12.5. The normalized spacial score (nSPS) is 20.0. The fourth-order valence-electron chi connectivity index (χ4n) is 4.37. The Hall–Kier alpha value is -2.27. The van der Waals surface area contributed by atoms with Crippen molar-refractivity contribution in [3.05, 3.63) is 59.7 Å². The second kappa shape index (κ2) is 7.16. The molecule has 2 fully saturated rings. The van der Waals surface area contributed by atoms with E-state index in [0.717, 1.165) is 55.8 Å². The number of aryl methyl sites for hydroxylation is 1. The Morgan fingerprint density at radius 3 is 2.65 bits per heavy atom.